The number of terminal acetylenes is 1. The Morgan fingerprint density at radius 1 is 0.880 bits per heavy atom. The number of aromatic hydroxyl groups is 1. The summed E-state index contributed by atoms with van der Waals surface area (Å²) in [5.74, 6) is 1.20. The molecule has 16 nitrogen and oxygen atoms in total. The number of amides is 3. The average molecular weight is 1020 g/mol. The summed E-state index contributed by atoms with van der Waals surface area (Å²) in [6.45, 7) is 9.95. The van der Waals surface area contributed by atoms with Crippen LogP contribution in [-0.4, -0.2) is 148 Å². The number of rotatable bonds is 12. The molecule has 6 aliphatic heterocycles. The zero-order valence-electron chi connectivity index (χ0n) is 42.2. The maximum Gasteiger partial charge on any atom is 0.319 e. The van der Waals surface area contributed by atoms with E-state index in [4.69, 9.17) is 30.6 Å². The van der Waals surface area contributed by atoms with Crippen LogP contribution in [0.25, 0.3) is 32.9 Å². The number of hydrogen-bond acceptors (Lipinski definition) is 14. The number of methoxy groups -OCH3 is 1. The van der Waals surface area contributed by atoms with Crippen LogP contribution >= 0.6 is 0 Å². The van der Waals surface area contributed by atoms with Crippen LogP contribution in [0.4, 0.5) is 14.6 Å². The number of phenolic OH excluding ortho intramolecular Hbond substituents is 1. The van der Waals surface area contributed by atoms with Crippen molar-refractivity contribution in [2.24, 2.45) is 11.3 Å². The normalized spacial score (nSPS) is 24.2. The molecule has 0 bridgehead atoms. The highest BCUT2D eigenvalue weighted by molar-refractivity contribution is 6.06. The van der Waals surface area contributed by atoms with E-state index < -0.39 is 17.7 Å². The lowest BCUT2D eigenvalue weighted by Crippen LogP contribution is -2.52. The number of carbonyl (C=O) groups excluding carboxylic acids is 3. The van der Waals surface area contributed by atoms with E-state index >= 15 is 8.78 Å². The van der Waals surface area contributed by atoms with Gasteiger partial charge in [-0.05, 0) is 136 Å². The fraction of sp³-hybridized carbons (Fsp3) is 0.509. The molecular weight excluding hydrogens is 961 g/mol. The summed E-state index contributed by atoms with van der Waals surface area (Å²) in [5.41, 5.74) is 3.85. The number of imide groups is 1. The minimum atomic E-state index is -0.797. The standard InChI is InChI=1S/C57H61F2N9O7/c1-3-39-42(58)6-5-33-22-38(69)24-41(47(33)39)50-49(59)51-48(54(61-50)73-2)52(67-15-4-20-74-45-25-44(45)67)63-56(62-51)75-31-57(13-14-57)30-65-16-9-32(10-17-65)26-64-18-11-37(12-19-64)66-27-34-21-36-29-68(43-7-8-46(70)60-53(43)71)55(72)40(36)23-35(34)28-66/h1,5-6,21-24,32,37,43-45,69H,4,7-20,25-31H2,2H3,(H,60,70,71). The van der Waals surface area contributed by atoms with E-state index in [0.717, 1.165) is 109 Å². The lowest BCUT2D eigenvalue weighted by Gasteiger charge is -2.40. The Morgan fingerprint density at radius 2 is 1.67 bits per heavy atom. The van der Waals surface area contributed by atoms with Crippen LogP contribution in [0.15, 0.2) is 36.4 Å². The summed E-state index contributed by atoms with van der Waals surface area (Å²) in [5, 5.41) is 14.2. The monoisotopic (exact) mass is 1020 g/mol. The van der Waals surface area contributed by atoms with Crippen molar-refractivity contribution >= 4 is 45.2 Å². The molecule has 0 radical (unpaired) electrons. The van der Waals surface area contributed by atoms with E-state index in [0.29, 0.717) is 66.8 Å². The van der Waals surface area contributed by atoms with E-state index in [1.165, 1.54) is 42.5 Å². The third-order valence-corrected chi connectivity index (χ3v) is 17.5. The Labute approximate surface area is 433 Å². The number of aromatic nitrogens is 3. The van der Waals surface area contributed by atoms with Crippen molar-refractivity contribution in [1.82, 2.24) is 39.9 Å². The summed E-state index contributed by atoms with van der Waals surface area (Å²) in [6.07, 6.45) is 14.6. The van der Waals surface area contributed by atoms with Crippen molar-refractivity contribution < 1.29 is 42.5 Å². The van der Waals surface area contributed by atoms with Gasteiger partial charge in [0.25, 0.3) is 5.91 Å². The molecule has 4 saturated heterocycles. The minimum absolute atomic E-state index is 0.0365. The highest BCUT2D eigenvalue weighted by atomic mass is 19.1. The smallest absolute Gasteiger partial charge is 0.319 e. The average Bonchev–Trinajstić information content (AvgIpc) is 4.33. The Hall–Kier alpha value is -6.52. The highest BCUT2D eigenvalue weighted by Gasteiger charge is 2.48. The third kappa shape index (κ3) is 8.88. The first-order valence-corrected chi connectivity index (χ1v) is 26.8. The number of pyridine rings is 1. The van der Waals surface area contributed by atoms with Gasteiger partial charge in [0.1, 0.15) is 40.0 Å². The lowest BCUT2D eigenvalue weighted by atomic mass is 9.93. The molecule has 3 unspecified atom stereocenters. The Balaban J connectivity index is 0.644. The van der Waals surface area contributed by atoms with Crippen LogP contribution in [-0.2, 0) is 34.0 Å². The Kier molecular flexibility index (Phi) is 12.2. The Morgan fingerprint density at radius 3 is 2.43 bits per heavy atom. The van der Waals surface area contributed by atoms with Gasteiger partial charge in [-0.2, -0.15) is 9.97 Å². The predicted molar refractivity (Wildman–Crippen MR) is 274 cm³/mol. The molecule has 13 rings (SSSR count). The molecule has 75 heavy (non-hydrogen) atoms. The number of hydrogen-bond donors (Lipinski definition) is 2. The van der Waals surface area contributed by atoms with Crippen molar-refractivity contribution in [2.75, 3.05) is 71.0 Å². The summed E-state index contributed by atoms with van der Waals surface area (Å²) in [6, 6.07) is 9.72. The van der Waals surface area contributed by atoms with Crippen molar-refractivity contribution in [3.05, 3.63) is 75.8 Å². The molecule has 2 aromatic heterocycles. The number of piperidine rings is 3. The zero-order chi connectivity index (χ0) is 51.3. The topological polar surface area (TPSA) is 166 Å². The van der Waals surface area contributed by atoms with Crippen LogP contribution in [0.2, 0.25) is 0 Å². The van der Waals surface area contributed by atoms with Crippen LogP contribution in [0.3, 0.4) is 0 Å². The molecule has 2 saturated carbocycles. The second-order valence-corrected chi connectivity index (χ2v) is 22.4. The number of phenols is 1. The first kappa shape index (κ1) is 48.1. The van der Waals surface area contributed by atoms with E-state index in [2.05, 4.69) is 48.0 Å². The maximum atomic E-state index is 17.4. The van der Waals surface area contributed by atoms with Gasteiger partial charge in [-0.1, -0.05) is 18.1 Å². The van der Waals surface area contributed by atoms with Crippen molar-refractivity contribution in [3.8, 4) is 41.2 Å². The zero-order valence-corrected chi connectivity index (χ0v) is 42.2. The molecule has 3 aromatic carbocycles. The van der Waals surface area contributed by atoms with Gasteiger partial charge >= 0.3 is 6.01 Å². The predicted octanol–water partition coefficient (Wildman–Crippen LogP) is 6.30. The van der Waals surface area contributed by atoms with Crippen LogP contribution < -0.4 is 19.7 Å². The van der Waals surface area contributed by atoms with Gasteiger partial charge in [-0.25, -0.2) is 13.8 Å². The fourth-order valence-corrected chi connectivity index (χ4v) is 13.2. The summed E-state index contributed by atoms with van der Waals surface area (Å²) < 4.78 is 51.1. The second-order valence-electron chi connectivity index (χ2n) is 22.4. The van der Waals surface area contributed by atoms with Crippen molar-refractivity contribution in [3.63, 3.8) is 0 Å². The molecule has 3 amide bonds. The minimum Gasteiger partial charge on any atom is -0.508 e. The van der Waals surface area contributed by atoms with E-state index in [1.807, 2.05) is 0 Å². The summed E-state index contributed by atoms with van der Waals surface area (Å²) in [7, 11) is 1.45. The number of ether oxygens (including phenoxy) is 3. The van der Waals surface area contributed by atoms with E-state index in [-0.39, 0.29) is 87.1 Å². The van der Waals surface area contributed by atoms with Gasteiger partial charge < -0.3 is 38.9 Å². The number of fused-ring (bicyclic) bond motifs is 5. The summed E-state index contributed by atoms with van der Waals surface area (Å²) >= 11 is 0. The van der Waals surface area contributed by atoms with Gasteiger partial charge in [0.15, 0.2) is 5.82 Å². The van der Waals surface area contributed by atoms with Gasteiger partial charge in [0, 0.05) is 80.3 Å². The molecule has 2 N–H and O–H groups in total. The molecule has 8 heterocycles. The van der Waals surface area contributed by atoms with E-state index in [9.17, 15) is 19.5 Å². The number of halogens is 2. The molecule has 3 atom stereocenters. The molecule has 18 heteroatoms. The second kappa shape index (κ2) is 18.9. The first-order chi connectivity index (χ1) is 36.4. The quantitative estimate of drug-likeness (QED) is 0.106. The van der Waals surface area contributed by atoms with Crippen molar-refractivity contribution in [1.29, 1.82) is 0 Å². The number of nitrogens with zero attached hydrogens (tertiary/aromatic N) is 8. The molecule has 5 aromatic rings. The number of carbonyl (C=O) groups is 3. The number of benzene rings is 3. The molecule has 8 aliphatic rings. The van der Waals surface area contributed by atoms with Gasteiger partial charge in [0.05, 0.1) is 31.4 Å². The number of likely N-dealkylation sites (tertiary alicyclic amines) is 2. The van der Waals surface area contributed by atoms with Gasteiger partial charge in [-0.15, -0.1) is 6.42 Å². The largest absolute Gasteiger partial charge is 0.508 e. The van der Waals surface area contributed by atoms with Gasteiger partial charge in [0.2, 0.25) is 17.7 Å². The maximum absolute atomic E-state index is 17.4. The number of nitrogens with one attached hydrogen (secondary N) is 1. The molecule has 2 aliphatic carbocycles. The molecule has 390 valence electrons. The molecule has 6 fully saturated rings. The van der Waals surface area contributed by atoms with Crippen molar-refractivity contribution in [2.45, 2.75) is 108 Å². The van der Waals surface area contributed by atoms with Crippen LogP contribution in [0.5, 0.6) is 17.6 Å². The SMILES string of the molecule is C#Cc1c(F)ccc2cc(O)cc(-c3nc(OC)c4c(N5CCCOC6CC65)nc(OCC5(CN6CCC(CN7CCC(N8Cc9cc%10c(cc9C8)C(=O)N(C8CCC(=O)NC8=O)C%10)CC7)CC6)CC5)nc4c3F)c12. The lowest BCUT2D eigenvalue weighted by molar-refractivity contribution is -0.136. The highest BCUT2D eigenvalue weighted by Crippen LogP contribution is 2.49. The van der Waals surface area contributed by atoms with Gasteiger partial charge in [-0.3, -0.25) is 24.6 Å². The Bertz CT molecular complexity index is 3220. The van der Waals surface area contributed by atoms with E-state index in [1.54, 1.807) is 4.90 Å². The first-order valence-electron chi connectivity index (χ1n) is 26.8. The third-order valence-electron chi connectivity index (χ3n) is 17.5. The fourth-order valence-electron chi connectivity index (χ4n) is 13.2. The van der Waals surface area contributed by atoms with Crippen LogP contribution in [0, 0.1) is 35.3 Å². The summed E-state index contributed by atoms with van der Waals surface area (Å²) in [4.78, 5) is 63.8. The molecule has 0 spiro atoms. The molecular formula is C57H61F2N9O7. The van der Waals surface area contributed by atoms with Crippen LogP contribution in [0.1, 0.15) is 96.8 Å². The number of anilines is 1.